The van der Waals surface area contributed by atoms with Gasteiger partial charge in [0.05, 0.1) is 11.1 Å². The molecule has 1 aliphatic rings. The van der Waals surface area contributed by atoms with Crippen molar-refractivity contribution in [3.8, 4) is 0 Å². The number of carbonyl (C=O) groups excluding carboxylic acids is 3. The topological polar surface area (TPSA) is 83.1 Å². The van der Waals surface area contributed by atoms with Gasteiger partial charge in [0, 0.05) is 41.5 Å². The highest BCUT2D eigenvalue weighted by Crippen LogP contribution is 2.33. The minimum atomic E-state index is -0.219. The van der Waals surface area contributed by atoms with Gasteiger partial charge in [0.25, 0.3) is 5.24 Å². The van der Waals surface area contributed by atoms with E-state index < -0.39 is 0 Å². The zero-order valence-electron chi connectivity index (χ0n) is 14.9. The SMILES string of the molecule is CCN(CC)C(=O)Sc1nc2c3c(ccc2[nH]1)C(=O)c1ccccc1C3=O. The van der Waals surface area contributed by atoms with E-state index in [-0.39, 0.29) is 16.8 Å². The van der Waals surface area contributed by atoms with E-state index in [9.17, 15) is 14.4 Å². The summed E-state index contributed by atoms with van der Waals surface area (Å²) in [4.78, 5) is 47.4. The molecule has 1 N–H and O–H groups in total. The molecule has 0 atom stereocenters. The lowest BCUT2D eigenvalue weighted by Gasteiger charge is -2.17. The number of fused-ring (bicyclic) bond motifs is 4. The highest BCUT2D eigenvalue weighted by atomic mass is 32.2. The van der Waals surface area contributed by atoms with Crippen molar-refractivity contribution in [1.29, 1.82) is 0 Å². The molecule has 0 spiro atoms. The molecule has 0 aliphatic heterocycles. The molecule has 7 heteroatoms. The van der Waals surface area contributed by atoms with Gasteiger partial charge in [0.2, 0.25) is 0 Å². The van der Waals surface area contributed by atoms with Gasteiger partial charge in [-0.3, -0.25) is 14.4 Å². The average Bonchev–Trinajstić information content (AvgIpc) is 3.08. The van der Waals surface area contributed by atoms with Crippen LogP contribution in [0.25, 0.3) is 11.0 Å². The Hall–Kier alpha value is -2.93. The number of H-pyrrole nitrogens is 1. The van der Waals surface area contributed by atoms with Crippen LogP contribution in [0.4, 0.5) is 4.79 Å². The lowest BCUT2D eigenvalue weighted by atomic mass is 9.83. The molecule has 27 heavy (non-hydrogen) atoms. The zero-order chi connectivity index (χ0) is 19.1. The molecule has 0 fully saturated rings. The van der Waals surface area contributed by atoms with E-state index in [0.717, 1.165) is 11.8 Å². The van der Waals surface area contributed by atoms with Crippen LogP contribution in [0.1, 0.15) is 45.7 Å². The van der Waals surface area contributed by atoms with Crippen molar-refractivity contribution in [2.45, 2.75) is 19.0 Å². The van der Waals surface area contributed by atoms with Crippen molar-refractivity contribution in [2.75, 3.05) is 13.1 Å². The summed E-state index contributed by atoms with van der Waals surface area (Å²) in [5.74, 6) is -0.401. The standard InChI is InChI=1S/C20H17N3O3S/c1-3-23(4-2)20(26)27-19-21-14-10-9-13-15(16(14)22-19)18(25)12-8-6-5-7-11(12)17(13)24/h5-10H,3-4H2,1-2H3,(H,21,22). The number of benzene rings is 2. The lowest BCUT2D eigenvalue weighted by molar-refractivity contribution is 0.0980. The molecule has 1 aliphatic carbocycles. The minimum Gasteiger partial charge on any atom is -0.334 e. The highest BCUT2D eigenvalue weighted by Gasteiger charge is 2.32. The van der Waals surface area contributed by atoms with E-state index in [1.54, 1.807) is 41.3 Å². The van der Waals surface area contributed by atoms with Crippen molar-refractivity contribution in [2.24, 2.45) is 0 Å². The maximum Gasteiger partial charge on any atom is 0.289 e. The van der Waals surface area contributed by atoms with Crippen LogP contribution in [-0.4, -0.2) is 44.8 Å². The van der Waals surface area contributed by atoms with Gasteiger partial charge in [-0.15, -0.1) is 0 Å². The lowest BCUT2D eigenvalue weighted by Crippen LogP contribution is -2.26. The Balaban J connectivity index is 1.80. The quantitative estimate of drug-likeness (QED) is 0.546. The summed E-state index contributed by atoms with van der Waals surface area (Å²) in [6.07, 6.45) is 0. The molecule has 136 valence electrons. The zero-order valence-corrected chi connectivity index (χ0v) is 15.7. The largest absolute Gasteiger partial charge is 0.334 e. The number of hydrogen-bond donors (Lipinski definition) is 1. The number of aromatic amines is 1. The molecule has 4 rings (SSSR count). The number of ketones is 2. The van der Waals surface area contributed by atoms with Gasteiger partial charge in [0.1, 0.15) is 5.52 Å². The van der Waals surface area contributed by atoms with E-state index >= 15 is 0 Å². The van der Waals surface area contributed by atoms with Gasteiger partial charge in [-0.25, -0.2) is 4.98 Å². The number of amides is 1. The van der Waals surface area contributed by atoms with E-state index in [1.165, 1.54) is 0 Å². The van der Waals surface area contributed by atoms with Crippen LogP contribution < -0.4 is 0 Å². The fraction of sp³-hybridized carbons (Fsp3) is 0.200. The van der Waals surface area contributed by atoms with Crippen LogP contribution >= 0.6 is 11.8 Å². The smallest absolute Gasteiger partial charge is 0.289 e. The van der Waals surface area contributed by atoms with Gasteiger partial charge in [0.15, 0.2) is 16.7 Å². The van der Waals surface area contributed by atoms with Gasteiger partial charge in [-0.1, -0.05) is 24.3 Å². The van der Waals surface area contributed by atoms with Crippen molar-refractivity contribution < 1.29 is 14.4 Å². The monoisotopic (exact) mass is 379 g/mol. The summed E-state index contributed by atoms with van der Waals surface area (Å²) >= 11 is 0.989. The van der Waals surface area contributed by atoms with Crippen LogP contribution in [-0.2, 0) is 0 Å². The summed E-state index contributed by atoms with van der Waals surface area (Å²) < 4.78 is 0. The Morgan fingerprint density at radius 2 is 1.67 bits per heavy atom. The molecular formula is C20H17N3O3S. The maximum absolute atomic E-state index is 13.0. The minimum absolute atomic E-state index is 0.110. The number of aromatic nitrogens is 2. The van der Waals surface area contributed by atoms with Crippen LogP contribution in [0, 0.1) is 0 Å². The summed E-state index contributed by atoms with van der Waals surface area (Å²) in [6, 6.07) is 10.2. The molecule has 0 bridgehead atoms. The number of rotatable bonds is 3. The number of nitrogens with one attached hydrogen (secondary N) is 1. The van der Waals surface area contributed by atoms with Crippen LogP contribution in [0.15, 0.2) is 41.6 Å². The number of hydrogen-bond acceptors (Lipinski definition) is 5. The van der Waals surface area contributed by atoms with E-state index in [2.05, 4.69) is 9.97 Å². The summed E-state index contributed by atoms with van der Waals surface area (Å²) in [6.45, 7) is 5.06. The van der Waals surface area contributed by atoms with E-state index in [4.69, 9.17) is 0 Å². The predicted octanol–water partition coefficient (Wildman–Crippen LogP) is 3.89. The first kappa shape index (κ1) is 17.5. The number of nitrogens with zero attached hydrogens (tertiary/aromatic N) is 2. The molecule has 0 radical (unpaired) electrons. The first-order valence-electron chi connectivity index (χ1n) is 8.73. The second-order valence-corrected chi connectivity index (χ2v) is 7.11. The molecule has 1 heterocycles. The number of carbonyl (C=O) groups is 3. The van der Waals surface area contributed by atoms with Gasteiger partial charge >= 0.3 is 0 Å². The van der Waals surface area contributed by atoms with E-state index in [0.29, 0.717) is 51.5 Å². The van der Waals surface area contributed by atoms with Crippen LogP contribution in [0.3, 0.4) is 0 Å². The summed E-state index contributed by atoms with van der Waals surface area (Å²) in [7, 11) is 0. The second kappa shape index (κ2) is 6.66. The molecule has 1 amide bonds. The Morgan fingerprint density at radius 3 is 2.33 bits per heavy atom. The molecule has 0 saturated heterocycles. The fourth-order valence-corrected chi connectivity index (χ4v) is 4.16. The van der Waals surface area contributed by atoms with Gasteiger partial charge in [-0.2, -0.15) is 0 Å². The molecule has 1 aromatic heterocycles. The molecular weight excluding hydrogens is 362 g/mol. The highest BCUT2D eigenvalue weighted by molar-refractivity contribution is 8.13. The fourth-order valence-electron chi connectivity index (χ4n) is 3.31. The number of thioether (sulfide) groups is 1. The Labute approximate surface area is 160 Å². The van der Waals surface area contributed by atoms with Crippen molar-refractivity contribution in [1.82, 2.24) is 14.9 Å². The molecule has 6 nitrogen and oxygen atoms in total. The second-order valence-electron chi connectivity index (χ2n) is 6.17. The average molecular weight is 379 g/mol. The van der Waals surface area contributed by atoms with Crippen LogP contribution in [0.5, 0.6) is 0 Å². The molecule has 2 aromatic carbocycles. The van der Waals surface area contributed by atoms with Gasteiger partial charge in [-0.05, 0) is 26.0 Å². The summed E-state index contributed by atoms with van der Waals surface area (Å²) in [5.41, 5.74) is 2.51. The Kier molecular flexibility index (Phi) is 4.31. The van der Waals surface area contributed by atoms with Crippen molar-refractivity contribution in [3.63, 3.8) is 0 Å². The first-order chi connectivity index (χ1) is 13.0. The number of imidazole rings is 1. The normalized spacial score (nSPS) is 12.8. The third-order valence-corrected chi connectivity index (χ3v) is 5.55. The Morgan fingerprint density at radius 1 is 1.00 bits per heavy atom. The molecule has 0 unspecified atom stereocenters. The van der Waals surface area contributed by atoms with Crippen molar-refractivity contribution in [3.05, 3.63) is 58.7 Å². The molecule has 0 saturated carbocycles. The van der Waals surface area contributed by atoms with E-state index in [1.807, 2.05) is 13.8 Å². The molecule has 3 aromatic rings. The van der Waals surface area contributed by atoms with Gasteiger partial charge < -0.3 is 9.88 Å². The third kappa shape index (κ3) is 2.75. The summed E-state index contributed by atoms with van der Waals surface area (Å²) in [5, 5.41) is 0.301. The predicted molar refractivity (Wildman–Crippen MR) is 104 cm³/mol. The maximum atomic E-state index is 13.0. The van der Waals surface area contributed by atoms with Crippen molar-refractivity contribution >= 4 is 39.6 Å². The van der Waals surface area contributed by atoms with Crippen LogP contribution in [0.2, 0.25) is 0 Å². The first-order valence-corrected chi connectivity index (χ1v) is 9.54. The third-order valence-electron chi connectivity index (χ3n) is 4.73. The Bertz CT molecular complexity index is 1100.